The second-order valence-corrected chi connectivity index (χ2v) is 3.35. The molecule has 0 spiro atoms. The Morgan fingerprint density at radius 1 is 1.27 bits per heavy atom. The minimum absolute atomic E-state index is 0.104. The zero-order valence-corrected chi connectivity index (χ0v) is 9.20. The van der Waals surface area contributed by atoms with Crippen molar-refractivity contribution in [2.45, 2.75) is 12.8 Å². The molecule has 1 aromatic carbocycles. The average molecular weight is 209 g/mol. The Hall–Kier alpha value is -1.06. The van der Waals surface area contributed by atoms with Crippen molar-refractivity contribution in [3.8, 4) is 0 Å². The highest BCUT2D eigenvalue weighted by Crippen LogP contribution is 2.15. The predicted molar refractivity (Wildman–Crippen MR) is 62.2 cm³/mol. The number of aryl methyl sites for hydroxylation is 1. The van der Waals surface area contributed by atoms with Crippen LogP contribution in [-0.4, -0.2) is 32.0 Å². The fourth-order valence-corrected chi connectivity index (χ4v) is 1.51. The molecule has 0 unspecified atom stereocenters. The summed E-state index contributed by atoms with van der Waals surface area (Å²) in [6.45, 7) is 1.25. The Morgan fingerprint density at radius 2 is 2.07 bits per heavy atom. The van der Waals surface area contributed by atoms with Crippen molar-refractivity contribution in [3.05, 3.63) is 29.8 Å². The van der Waals surface area contributed by atoms with E-state index in [1.54, 1.807) is 0 Å². The zero-order chi connectivity index (χ0) is 10.9. The van der Waals surface area contributed by atoms with Crippen LogP contribution in [-0.2, 0) is 11.2 Å². The third kappa shape index (κ3) is 4.32. The van der Waals surface area contributed by atoms with E-state index in [-0.39, 0.29) is 6.61 Å². The maximum atomic E-state index is 8.53. The summed E-state index contributed by atoms with van der Waals surface area (Å²) in [5.74, 6) is 0. The molecule has 3 heteroatoms. The normalized spacial score (nSPS) is 10.3. The lowest BCUT2D eigenvalue weighted by atomic mass is 10.1. The van der Waals surface area contributed by atoms with Gasteiger partial charge in [-0.25, -0.2) is 0 Å². The quantitative estimate of drug-likeness (QED) is 0.671. The summed E-state index contributed by atoms with van der Waals surface area (Å²) in [5, 5.41) is 11.7. The molecule has 0 aliphatic heterocycles. The third-order valence-corrected chi connectivity index (χ3v) is 2.26. The second-order valence-electron chi connectivity index (χ2n) is 3.35. The van der Waals surface area contributed by atoms with Crippen molar-refractivity contribution >= 4 is 5.69 Å². The van der Waals surface area contributed by atoms with Crippen LogP contribution in [0.1, 0.15) is 12.0 Å². The summed E-state index contributed by atoms with van der Waals surface area (Å²) in [6, 6.07) is 8.27. The molecule has 0 bridgehead atoms. The molecule has 1 rings (SSSR count). The molecule has 0 heterocycles. The van der Waals surface area contributed by atoms with Crippen molar-refractivity contribution in [2.75, 3.05) is 32.2 Å². The van der Waals surface area contributed by atoms with Crippen LogP contribution in [0.2, 0.25) is 0 Å². The van der Waals surface area contributed by atoms with E-state index in [1.807, 2.05) is 19.2 Å². The molecule has 3 nitrogen and oxygen atoms in total. The highest BCUT2D eigenvalue weighted by molar-refractivity contribution is 5.50. The maximum absolute atomic E-state index is 8.53. The Kier molecular flexibility index (Phi) is 5.81. The SMILES string of the molecule is CNc1ccccc1CCCOCCO. The van der Waals surface area contributed by atoms with Gasteiger partial charge in [-0.15, -0.1) is 0 Å². The standard InChI is InChI=1S/C12H19NO2/c1-13-12-7-3-2-5-11(12)6-4-9-15-10-8-14/h2-3,5,7,13-14H,4,6,8-10H2,1H3. The molecule has 0 atom stereocenters. The minimum Gasteiger partial charge on any atom is -0.394 e. The first kappa shape index (κ1) is 12.0. The monoisotopic (exact) mass is 209 g/mol. The molecular formula is C12H19NO2. The van der Waals surface area contributed by atoms with Crippen LogP contribution < -0.4 is 5.32 Å². The van der Waals surface area contributed by atoms with Gasteiger partial charge in [-0.1, -0.05) is 18.2 Å². The lowest BCUT2D eigenvalue weighted by Crippen LogP contribution is -2.02. The van der Waals surface area contributed by atoms with Gasteiger partial charge >= 0.3 is 0 Å². The molecule has 0 aliphatic carbocycles. The van der Waals surface area contributed by atoms with Crippen molar-refractivity contribution < 1.29 is 9.84 Å². The summed E-state index contributed by atoms with van der Waals surface area (Å²) < 4.78 is 5.21. The summed E-state index contributed by atoms with van der Waals surface area (Å²) in [4.78, 5) is 0. The molecule has 2 N–H and O–H groups in total. The van der Waals surface area contributed by atoms with E-state index in [0.717, 1.165) is 12.8 Å². The minimum atomic E-state index is 0.104. The lowest BCUT2D eigenvalue weighted by molar-refractivity contribution is 0.0909. The number of benzene rings is 1. The van der Waals surface area contributed by atoms with Gasteiger partial charge in [-0.2, -0.15) is 0 Å². The number of hydrogen-bond acceptors (Lipinski definition) is 3. The first-order valence-corrected chi connectivity index (χ1v) is 5.32. The van der Waals surface area contributed by atoms with Gasteiger partial charge in [0.1, 0.15) is 0 Å². The second kappa shape index (κ2) is 7.26. The molecule has 1 aromatic rings. The van der Waals surface area contributed by atoms with Gasteiger partial charge in [0.05, 0.1) is 13.2 Å². The summed E-state index contributed by atoms with van der Waals surface area (Å²) >= 11 is 0. The van der Waals surface area contributed by atoms with E-state index >= 15 is 0 Å². The Bertz CT molecular complexity index is 276. The highest BCUT2D eigenvalue weighted by Gasteiger charge is 1.98. The van der Waals surface area contributed by atoms with Gasteiger partial charge in [0.2, 0.25) is 0 Å². The maximum Gasteiger partial charge on any atom is 0.0697 e. The number of aliphatic hydroxyl groups excluding tert-OH is 1. The fourth-order valence-electron chi connectivity index (χ4n) is 1.51. The van der Waals surface area contributed by atoms with Gasteiger partial charge in [0.25, 0.3) is 0 Å². The van der Waals surface area contributed by atoms with Gasteiger partial charge in [0.15, 0.2) is 0 Å². The summed E-state index contributed by atoms with van der Waals surface area (Å²) in [5.41, 5.74) is 2.49. The molecule has 0 saturated heterocycles. The van der Waals surface area contributed by atoms with E-state index in [4.69, 9.17) is 9.84 Å². The molecule has 0 aromatic heterocycles. The van der Waals surface area contributed by atoms with Crippen LogP contribution in [0, 0.1) is 0 Å². The Labute approximate surface area is 91.1 Å². The molecule has 0 amide bonds. The average Bonchev–Trinajstić information content (AvgIpc) is 2.29. The molecule has 0 fully saturated rings. The first-order valence-electron chi connectivity index (χ1n) is 5.32. The Morgan fingerprint density at radius 3 is 2.80 bits per heavy atom. The van der Waals surface area contributed by atoms with Crippen LogP contribution in [0.5, 0.6) is 0 Å². The van der Waals surface area contributed by atoms with Crippen LogP contribution in [0.3, 0.4) is 0 Å². The van der Waals surface area contributed by atoms with E-state index in [2.05, 4.69) is 17.4 Å². The van der Waals surface area contributed by atoms with Crippen molar-refractivity contribution in [3.63, 3.8) is 0 Å². The van der Waals surface area contributed by atoms with Gasteiger partial charge in [0, 0.05) is 19.3 Å². The van der Waals surface area contributed by atoms with E-state index in [9.17, 15) is 0 Å². The smallest absolute Gasteiger partial charge is 0.0697 e. The van der Waals surface area contributed by atoms with Crippen LogP contribution in [0.25, 0.3) is 0 Å². The van der Waals surface area contributed by atoms with Crippen molar-refractivity contribution in [1.82, 2.24) is 0 Å². The molecule has 0 aliphatic rings. The molecular weight excluding hydrogens is 190 g/mol. The lowest BCUT2D eigenvalue weighted by Gasteiger charge is -2.08. The summed E-state index contributed by atoms with van der Waals surface area (Å²) in [6.07, 6.45) is 1.99. The molecule has 0 saturated carbocycles. The first-order chi connectivity index (χ1) is 7.38. The largest absolute Gasteiger partial charge is 0.394 e. The topological polar surface area (TPSA) is 41.5 Å². The number of anilines is 1. The summed E-state index contributed by atoms with van der Waals surface area (Å²) in [7, 11) is 1.93. The van der Waals surface area contributed by atoms with Crippen LogP contribution in [0.4, 0.5) is 5.69 Å². The number of hydrogen-bond donors (Lipinski definition) is 2. The molecule has 0 radical (unpaired) electrons. The van der Waals surface area contributed by atoms with Gasteiger partial charge < -0.3 is 15.2 Å². The number of aliphatic hydroxyl groups is 1. The van der Waals surface area contributed by atoms with Crippen LogP contribution in [0.15, 0.2) is 24.3 Å². The van der Waals surface area contributed by atoms with E-state index < -0.39 is 0 Å². The fraction of sp³-hybridized carbons (Fsp3) is 0.500. The van der Waals surface area contributed by atoms with Gasteiger partial charge in [-0.05, 0) is 24.5 Å². The zero-order valence-electron chi connectivity index (χ0n) is 9.20. The number of para-hydroxylation sites is 1. The number of ether oxygens (including phenoxy) is 1. The third-order valence-electron chi connectivity index (χ3n) is 2.26. The van der Waals surface area contributed by atoms with Crippen LogP contribution >= 0.6 is 0 Å². The number of nitrogens with one attached hydrogen (secondary N) is 1. The predicted octanol–water partition coefficient (Wildman–Crippen LogP) is 1.67. The van der Waals surface area contributed by atoms with Crippen molar-refractivity contribution in [2.24, 2.45) is 0 Å². The number of rotatable bonds is 7. The van der Waals surface area contributed by atoms with Crippen molar-refractivity contribution in [1.29, 1.82) is 0 Å². The molecule has 84 valence electrons. The highest BCUT2D eigenvalue weighted by atomic mass is 16.5. The van der Waals surface area contributed by atoms with E-state index in [0.29, 0.717) is 13.2 Å². The molecule has 15 heavy (non-hydrogen) atoms. The van der Waals surface area contributed by atoms with E-state index in [1.165, 1.54) is 11.3 Å². The van der Waals surface area contributed by atoms with Gasteiger partial charge in [-0.3, -0.25) is 0 Å². The Balaban J connectivity index is 2.30.